The Morgan fingerprint density at radius 2 is 1.19 bits per heavy atom. The first-order chi connectivity index (χ1) is 17.2. The van der Waals surface area contributed by atoms with Crippen molar-refractivity contribution in [2.45, 2.75) is 0 Å². The van der Waals surface area contributed by atoms with Gasteiger partial charge in [0.1, 0.15) is 17.0 Å². The molecule has 0 saturated carbocycles. The molecule has 0 spiro atoms. The molecule has 0 fully saturated rings. The van der Waals surface area contributed by atoms with Gasteiger partial charge >= 0.3 is 0 Å². The molecule has 6 rings (SSSR count). The number of nitrogens with zero attached hydrogens (tertiary/aromatic N) is 6. The summed E-state index contributed by atoms with van der Waals surface area (Å²) in [5, 5.41) is 19.7. The van der Waals surface area contributed by atoms with E-state index in [2.05, 4.69) is 9.69 Å². The van der Waals surface area contributed by atoms with Crippen LogP contribution in [0.3, 0.4) is 0 Å². The summed E-state index contributed by atoms with van der Waals surface area (Å²) >= 11 is 1.70. The van der Waals surface area contributed by atoms with Crippen molar-refractivity contribution in [1.82, 2.24) is 9.80 Å². The topological polar surface area (TPSA) is 131 Å². The van der Waals surface area contributed by atoms with Crippen LogP contribution >= 0.6 is 22.7 Å². The second kappa shape index (κ2) is 6.71. The predicted molar refractivity (Wildman–Crippen MR) is 130 cm³/mol. The van der Waals surface area contributed by atoms with E-state index in [-0.39, 0.29) is 74.3 Å². The molecule has 2 aliphatic rings. The zero-order valence-electron chi connectivity index (χ0n) is 18.1. The van der Waals surface area contributed by atoms with E-state index in [1.165, 1.54) is 14.1 Å². The van der Waals surface area contributed by atoms with Crippen molar-refractivity contribution in [3.05, 3.63) is 55.5 Å². The highest BCUT2D eigenvalue weighted by Gasteiger charge is 2.44. The fourth-order valence-electron chi connectivity index (χ4n) is 4.95. The smallest absolute Gasteiger partial charge is 0.262 e. The molecular weight excluding hydrogens is 500 g/mol. The van der Waals surface area contributed by atoms with Crippen LogP contribution in [0.4, 0.5) is 10.7 Å². The van der Waals surface area contributed by atoms with Crippen molar-refractivity contribution in [1.29, 1.82) is 10.5 Å². The molecule has 168 valence electrons. The van der Waals surface area contributed by atoms with Gasteiger partial charge < -0.3 is 0 Å². The molecule has 0 N–H and O–H groups in total. The number of fused-ring (bicyclic) bond motifs is 6. The van der Waals surface area contributed by atoms with Gasteiger partial charge in [-0.3, -0.25) is 29.0 Å². The molecule has 36 heavy (non-hydrogen) atoms. The van der Waals surface area contributed by atoms with Crippen LogP contribution in [0.5, 0.6) is 0 Å². The van der Waals surface area contributed by atoms with E-state index in [1.54, 1.807) is 0 Å². The van der Waals surface area contributed by atoms with E-state index in [9.17, 15) is 29.7 Å². The maximum atomic E-state index is 13.5. The Labute approximate surface area is 209 Å². The van der Waals surface area contributed by atoms with Crippen LogP contribution < -0.4 is 0 Å². The number of thiophene rings is 2. The number of rotatable bonds is 0. The zero-order chi connectivity index (χ0) is 25.8. The Morgan fingerprint density at radius 3 is 1.67 bits per heavy atom. The zero-order valence-corrected chi connectivity index (χ0v) is 19.8. The first-order valence-electron chi connectivity index (χ1n) is 10.0. The average Bonchev–Trinajstić information content (AvgIpc) is 3.44. The molecule has 0 aliphatic carbocycles. The molecule has 0 atom stereocenters. The van der Waals surface area contributed by atoms with E-state index in [4.69, 9.17) is 13.1 Å². The molecule has 2 aromatic heterocycles. The number of benzene rings is 2. The predicted octanol–water partition coefficient (Wildman–Crippen LogP) is 4.57. The second-order valence-electron chi connectivity index (χ2n) is 8.01. The minimum atomic E-state index is -0.751. The minimum absolute atomic E-state index is 0.0166. The van der Waals surface area contributed by atoms with Gasteiger partial charge in [0.25, 0.3) is 23.6 Å². The highest BCUT2D eigenvalue weighted by molar-refractivity contribution is 7.24. The quantitative estimate of drug-likeness (QED) is 0.254. The number of hydrogen-bond acceptors (Lipinski definition) is 8. The molecule has 2 aliphatic heterocycles. The molecule has 4 amide bonds. The van der Waals surface area contributed by atoms with Crippen molar-refractivity contribution >= 4 is 87.9 Å². The Bertz CT molecular complexity index is 1910. The maximum Gasteiger partial charge on any atom is 0.262 e. The second-order valence-corrected chi connectivity index (χ2v) is 10.0. The lowest BCUT2D eigenvalue weighted by atomic mass is 9.82. The fraction of sp³-hybridized carbons (Fsp3) is 0.0833. The summed E-state index contributed by atoms with van der Waals surface area (Å²) in [6, 6.07) is 3.88. The van der Waals surface area contributed by atoms with Crippen LogP contribution in [0.2, 0.25) is 0 Å². The number of imide groups is 2. The lowest BCUT2D eigenvalue weighted by Gasteiger charge is -2.31. The molecule has 0 saturated heterocycles. The summed E-state index contributed by atoms with van der Waals surface area (Å²) < 4.78 is 0.346. The van der Waals surface area contributed by atoms with Gasteiger partial charge in [0.05, 0.1) is 40.1 Å². The van der Waals surface area contributed by atoms with Gasteiger partial charge in [-0.25, -0.2) is 9.69 Å². The SMILES string of the molecule is [C-]#[N+]c1sc2c3c4c(c5c(C#N)c(C#N)sc5c5c4c(c2c1[N+]#[C-])C(=O)N(C)C5=O)C(=O)N(C)C3=O. The number of carbonyl (C=O) groups excluding carboxylic acids is 4. The van der Waals surface area contributed by atoms with E-state index < -0.39 is 23.6 Å². The third kappa shape index (κ3) is 2.12. The van der Waals surface area contributed by atoms with Crippen LogP contribution in [0.25, 0.3) is 40.6 Å². The lowest BCUT2D eigenvalue weighted by Crippen LogP contribution is -2.40. The largest absolute Gasteiger partial charge is 0.277 e. The number of amides is 4. The molecule has 4 heterocycles. The monoisotopic (exact) mass is 506 g/mol. The third-order valence-electron chi connectivity index (χ3n) is 6.48. The minimum Gasteiger partial charge on any atom is -0.277 e. The lowest BCUT2D eigenvalue weighted by molar-refractivity contribution is 0.0633. The van der Waals surface area contributed by atoms with Crippen LogP contribution in [0.1, 0.15) is 51.9 Å². The Morgan fingerprint density at radius 1 is 0.694 bits per heavy atom. The fourth-order valence-corrected chi connectivity index (χ4v) is 7.12. The molecular formula is C24H6N6O4S2. The summed E-state index contributed by atoms with van der Waals surface area (Å²) in [6.07, 6.45) is 0. The number of carbonyl (C=O) groups is 4. The summed E-state index contributed by atoms with van der Waals surface area (Å²) in [6.45, 7) is 15.2. The van der Waals surface area contributed by atoms with Gasteiger partial charge in [-0.2, -0.15) is 21.9 Å². The first-order valence-corrected chi connectivity index (χ1v) is 11.6. The van der Waals surface area contributed by atoms with Gasteiger partial charge in [0.2, 0.25) is 10.7 Å². The summed E-state index contributed by atoms with van der Waals surface area (Å²) in [5.74, 6) is -2.95. The number of hydrogen-bond donors (Lipinski definition) is 0. The molecule has 12 heteroatoms. The average molecular weight is 506 g/mol. The van der Waals surface area contributed by atoms with Crippen LogP contribution in [0.15, 0.2) is 0 Å². The van der Waals surface area contributed by atoms with Gasteiger partial charge in [-0.05, 0) is 0 Å². The first kappa shape index (κ1) is 21.4. The Balaban J connectivity index is 2.12. The van der Waals surface area contributed by atoms with Crippen molar-refractivity contribution in [2.24, 2.45) is 0 Å². The normalized spacial score (nSPS) is 14.4. The van der Waals surface area contributed by atoms with Gasteiger partial charge in [-0.1, -0.05) is 0 Å². The molecule has 10 nitrogen and oxygen atoms in total. The van der Waals surface area contributed by atoms with E-state index in [0.29, 0.717) is 0 Å². The van der Waals surface area contributed by atoms with Crippen molar-refractivity contribution < 1.29 is 19.2 Å². The maximum absolute atomic E-state index is 13.5. The molecule has 2 aromatic carbocycles. The Hall–Kier alpha value is -5.14. The molecule has 4 aromatic rings. The van der Waals surface area contributed by atoms with Gasteiger partial charge in [0.15, 0.2) is 0 Å². The van der Waals surface area contributed by atoms with E-state index in [0.717, 1.165) is 32.5 Å². The third-order valence-corrected chi connectivity index (χ3v) is 8.68. The van der Waals surface area contributed by atoms with Crippen molar-refractivity contribution in [3.63, 3.8) is 0 Å². The van der Waals surface area contributed by atoms with Crippen LogP contribution in [-0.2, 0) is 0 Å². The van der Waals surface area contributed by atoms with Crippen molar-refractivity contribution in [3.8, 4) is 12.1 Å². The Kier molecular flexibility index (Phi) is 3.99. The van der Waals surface area contributed by atoms with Crippen LogP contribution in [0, 0.1) is 35.8 Å². The highest BCUT2D eigenvalue weighted by atomic mass is 32.1. The van der Waals surface area contributed by atoms with Gasteiger partial charge in [-0.15, -0.1) is 11.3 Å². The van der Waals surface area contributed by atoms with Crippen LogP contribution in [-0.4, -0.2) is 47.5 Å². The number of nitriles is 2. The van der Waals surface area contributed by atoms with E-state index >= 15 is 0 Å². The summed E-state index contributed by atoms with van der Waals surface area (Å²) in [7, 11) is 2.52. The summed E-state index contributed by atoms with van der Waals surface area (Å²) in [5.41, 5.74) is -0.383. The molecule has 0 unspecified atom stereocenters. The molecule has 0 bridgehead atoms. The van der Waals surface area contributed by atoms with Crippen molar-refractivity contribution in [2.75, 3.05) is 14.1 Å². The highest BCUT2D eigenvalue weighted by Crippen LogP contribution is 2.55. The molecule has 0 radical (unpaired) electrons. The van der Waals surface area contributed by atoms with Gasteiger partial charge in [0, 0.05) is 45.9 Å². The van der Waals surface area contributed by atoms with E-state index in [1.807, 2.05) is 12.1 Å². The standard InChI is InChI=1S/C24H6N6O4S2/c1-27-17-14-13-11-10-12(21(31)29(3)24(34)16(10)19(14)36-20(17)28-2)9-7(5-25)8(6-26)35-18(9)15(11)23(33)30(4)22(13)32/h3-4H3. The summed E-state index contributed by atoms with van der Waals surface area (Å²) in [4.78, 5) is 62.6.